The van der Waals surface area contributed by atoms with E-state index in [1.54, 1.807) is 27.7 Å². The van der Waals surface area contributed by atoms with E-state index in [0.717, 1.165) is 0 Å². The second-order valence-corrected chi connectivity index (χ2v) is 6.62. The molecule has 0 spiro atoms. The van der Waals surface area contributed by atoms with E-state index < -0.39 is 41.1 Å². The third-order valence-corrected chi connectivity index (χ3v) is 3.53. The summed E-state index contributed by atoms with van der Waals surface area (Å²) in [6, 6.07) is 0. The molecular formula is C12H22O9S. The molecule has 0 aliphatic carbocycles. The molecule has 0 bridgehead atoms. The molecule has 1 saturated heterocycles. The average molecular weight is 342 g/mol. The quantitative estimate of drug-likeness (QED) is 0.480. The summed E-state index contributed by atoms with van der Waals surface area (Å²) in [7, 11) is -4.81. The summed E-state index contributed by atoms with van der Waals surface area (Å²) in [5.74, 6) is -0.292. The van der Waals surface area contributed by atoms with Crippen LogP contribution in [0.4, 0.5) is 0 Å². The van der Waals surface area contributed by atoms with Gasteiger partial charge in [-0.05, 0) is 19.8 Å². The topological polar surface area (TPSA) is 129 Å². The molecule has 1 fully saturated rings. The van der Waals surface area contributed by atoms with Gasteiger partial charge in [0.15, 0.2) is 0 Å². The predicted octanol–water partition coefficient (Wildman–Crippen LogP) is -0.117. The Morgan fingerprint density at radius 3 is 2.18 bits per heavy atom. The summed E-state index contributed by atoms with van der Waals surface area (Å²) >= 11 is 0. The Hall–Kier alpha value is -0.780. The van der Waals surface area contributed by atoms with Gasteiger partial charge in [-0.2, -0.15) is 8.42 Å². The number of carbonyl (C=O) groups excluding carboxylic acids is 1. The van der Waals surface area contributed by atoms with Gasteiger partial charge in [0.1, 0.15) is 18.3 Å². The van der Waals surface area contributed by atoms with E-state index in [4.69, 9.17) is 18.8 Å². The molecule has 0 aromatic heterocycles. The highest BCUT2D eigenvalue weighted by atomic mass is 32.3. The van der Waals surface area contributed by atoms with Gasteiger partial charge < -0.3 is 19.3 Å². The van der Waals surface area contributed by atoms with Crippen molar-refractivity contribution in [1.29, 1.82) is 0 Å². The van der Waals surface area contributed by atoms with Crippen LogP contribution < -0.4 is 0 Å². The maximum absolute atomic E-state index is 11.0. The first-order valence-corrected chi connectivity index (χ1v) is 8.17. The highest BCUT2D eigenvalue weighted by Gasteiger charge is 2.50. The maximum Gasteiger partial charge on any atom is 0.397 e. The van der Waals surface area contributed by atoms with Gasteiger partial charge in [-0.25, -0.2) is 4.18 Å². The second kappa shape index (κ2) is 7.66. The molecule has 1 aliphatic heterocycles. The van der Waals surface area contributed by atoms with Crippen LogP contribution >= 0.6 is 0 Å². The van der Waals surface area contributed by atoms with Crippen LogP contribution in [-0.2, 0) is 33.6 Å². The highest BCUT2D eigenvalue weighted by Crippen LogP contribution is 2.31. The van der Waals surface area contributed by atoms with Crippen molar-refractivity contribution in [2.75, 3.05) is 0 Å². The van der Waals surface area contributed by atoms with Crippen molar-refractivity contribution in [3.05, 3.63) is 0 Å². The lowest BCUT2D eigenvalue weighted by atomic mass is 9.92. The number of carbonyl (C=O) groups is 1. The van der Waals surface area contributed by atoms with E-state index in [1.807, 2.05) is 0 Å². The molecule has 130 valence electrons. The molecule has 9 nitrogen and oxygen atoms in total. The number of rotatable bonds is 7. The van der Waals surface area contributed by atoms with E-state index in [9.17, 15) is 18.3 Å². The lowest BCUT2D eigenvalue weighted by Gasteiger charge is -2.44. The van der Waals surface area contributed by atoms with Crippen molar-refractivity contribution in [1.82, 2.24) is 0 Å². The van der Waals surface area contributed by atoms with Crippen LogP contribution in [0.15, 0.2) is 0 Å². The highest BCUT2D eigenvalue weighted by molar-refractivity contribution is 7.80. The van der Waals surface area contributed by atoms with Gasteiger partial charge in [-0.3, -0.25) is 9.35 Å². The normalized spacial score (nSPS) is 33.2. The Balaban J connectivity index is 3.09. The minimum absolute atomic E-state index is 0.148. The molecule has 22 heavy (non-hydrogen) atoms. The summed E-state index contributed by atoms with van der Waals surface area (Å²) < 4.78 is 51.1. The third kappa shape index (κ3) is 5.14. The summed E-state index contributed by atoms with van der Waals surface area (Å²) in [6.07, 6.45) is -6.56. The fraction of sp³-hybridized carbons (Fsp3) is 0.917. The maximum atomic E-state index is 11.0. The standard InChI is InChI=1S/C12H22O9S/c1-6(2)9-10(21-22(15,16)17)8(14)11(19-7(3)4)12(20-9)18-5-13/h5-12,14H,1-4H3,(H,15,16,17)/t8-,9+,10?,11+,12?/m1/s1. The van der Waals surface area contributed by atoms with Gasteiger partial charge in [0, 0.05) is 0 Å². The van der Waals surface area contributed by atoms with E-state index in [-0.39, 0.29) is 18.5 Å². The van der Waals surface area contributed by atoms with Crippen molar-refractivity contribution in [2.24, 2.45) is 5.92 Å². The first-order chi connectivity index (χ1) is 10.1. The van der Waals surface area contributed by atoms with Gasteiger partial charge >= 0.3 is 10.4 Å². The fourth-order valence-corrected chi connectivity index (χ4v) is 2.77. The van der Waals surface area contributed by atoms with Crippen LogP contribution in [-0.4, -0.2) is 61.4 Å². The average Bonchev–Trinajstić information content (AvgIpc) is 2.35. The van der Waals surface area contributed by atoms with Gasteiger partial charge in [0.2, 0.25) is 6.29 Å². The largest absolute Gasteiger partial charge is 0.435 e. The molecule has 2 N–H and O–H groups in total. The zero-order valence-electron chi connectivity index (χ0n) is 12.8. The summed E-state index contributed by atoms with van der Waals surface area (Å²) in [6.45, 7) is 6.89. The third-order valence-electron chi connectivity index (χ3n) is 3.07. The summed E-state index contributed by atoms with van der Waals surface area (Å²) in [5, 5.41) is 10.4. The van der Waals surface area contributed by atoms with E-state index >= 15 is 0 Å². The predicted molar refractivity (Wildman–Crippen MR) is 73.1 cm³/mol. The number of hydrogen-bond donors (Lipinski definition) is 2. The Labute approximate surface area is 129 Å². The summed E-state index contributed by atoms with van der Waals surface area (Å²) in [5.41, 5.74) is 0. The van der Waals surface area contributed by atoms with E-state index in [0.29, 0.717) is 0 Å². The molecule has 0 saturated carbocycles. The van der Waals surface area contributed by atoms with Crippen LogP contribution in [0.5, 0.6) is 0 Å². The lowest BCUT2D eigenvalue weighted by molar-refractivity contribution is -0.301. The number of aliphatic hydroxyl groups excluding tert-OH is 1. The number of aliphatic hydroxyl groups is 1. The van der Waals surface area contributed by atoms with Gasteiger partial charge in [0.05, 0.1) is 12.2 Å². The van der Waals surface area contributed by atoms with Crippen molar-refractivity contribution in [3.63, 3.8) is 0 Å². The molecule has 1 heterocycles. The zero-order chi connectivity index (χ0) is 17.1. The zero-order valence-corrected chi connectivity index (χ0v) is 13.6. The molecule has 0 aromatic carbocycles. The molecule has 10 heteroatoms. The molecule has 0 aromatic rings. The van der Waals surface area contributed by atoms with Crippen LogP contribution in [0.2, 0.25) is 0 Å². The van der Waals surface area contributed by atoms with Crippen molar-refractivity contribution in [2.45, 2.75) is 64.5 Å². The van der Waals surface area contributed by atoms with Crippen LogP contribution in [0.3, 0.4) is 0 Å². The first kappa shape index (κ1) is 19.3. The van der Waals surface area contributed by atoms with Gasteiger partial charge in [-0.1, -0.05) is 13.8 Å². The first-order valence-electron chi connectivity index (χ1n) is 6.80. The minimum Gasteiger partial charge on any atom is -0.435 e. The molecule has 0 radical (unpaired) electrons. The smallest absolute Gasteiger partial charge is 0.397 e. The van der Waals surface area contributed by atoms with Crippen molar-refractivity contribution >= 4 is 16.9 Å². The summed E-state index contributed by atoms with van der Waals surface area (Å²) in [4.78, 5) is 10.6. The Bertz CT molecular complexity index is 461. The van der Waals surface area contributed by atoms with Crippen LogP contribution in [0.25, 0.3) is 0 Å². The monoisotopic (exact) mass is 342 g/mol. The number of hydrogen-bond acceptors (Lipinski definition) is 8. The Morgan fingerprint density at radius 1 is 1.18 bits per heavy atom. The Morgan fingerprint density at radius 2 is 1.77 bits per heavy atom. The molecule has 5 atom stereocenters. The second-order valence-electron chi connectivity index (χ2n) is 5.57. The minimum atomic E-state index is -4.81. The lowest BCUT2D eigenvalue weighted by Crippen LogP contribution is -2.61. The van der Waals surface area contributed by atoms with Crippen LogP contribution in [0.1, 0.15) is 27.7 Å². The van der Waals surface area contributed by atoms with E-state index in [2.05, 4.69) is 4.18 Å². The van der Waals surface area contributed by atoms with Crippen molar-refractivity contribution < 1.29 is 41.3 Å². The van der Waals surface area contributed by atoms with Gasteiger partial charge in [-0.15, -0.1) is 0 Å². The molecule has 1 rings (SSSR count). The molecule has 2 unspecified atom stereocenters. The SMILES string of the molecule is CC(C)O[C@@H]1C(OC=O)O[C@@H](C(C)C)C(OS(=O)(=O)O)[C@H]1O. The van der Waals surface area contributed by atoms with Crippen LogP contribution in [0, 0.1) is 5.92 Å². The van der Waals surface area contributed by atoms with Crippen molar-refractivity contribution in [3.8, 4) is 0 Å². The Kier molecular flexibility index (Phi) is 6.71. The van der Waals surface area contributed by atoms with E-state index in [1.165, 1.54) is 0 Å². The molecule has 0 amide bonds. The molecule has 1 aliphatic rings. The fourth-order valence-electron chi connectivity index (χ4n) is 2.26. The molecular weight excluding hydrogens is 320 g/mol. The number of ether oxygens (including phenoxy) is 3. The van der Waals surface area contributed by atoms with Gasteiger partial charge in [0.25, 0.3) is 6.47 Å².